The first kappa shape index (κ1) is 20.5. The van der Waals surface area contributed by atoms with Crippen molar-refractivity contribution in [1.29, 1.82) is 0 Å². The van der Waals surface area contributed by atoms with E-state index in [4.69, 9.17) is 0 Å². The van der Waals surface area contributed by atoms with Gasteiger partial charge >= 0.3 is 5.69 Å². The molecule has 1 aromatic carbocycles. The van der Waals surface area contributed by atoms with Crippen molar-refractivity contribution in [2.24, 2.45) is 14.1 Å². The van der Waals surface area contributed by atoms with Crippen LogP contribution in [0.4, 0.5) is 5.69 Å². The van der Waals surface area contributed by atoms with Crippen LogP contribution >= 0.6 is 11.8 Å². The minimum atomic E-state index is -0.403. The highest BCUT2D eigenvalue weighted by Crippen LogP contribution is 2.37. The topological polar surface area (TPSA) is 82.1 Å². The number of amides is 1. The number of imidazole rings is 1. The number of aryl methyl sites for hydroxylation is 2. The van der Waals surface area contributed by atoms with Crippen LogP contribution in [0.25, 0.3) is 11.2 Å². The summed E-state index contributed by atoms with van der Waals surface area (Å²) in [6.45, 7) is 3.38. The third kappa shape index (κ3) is 3.58. The standard InChI is InChI=1S/C21H25N5O3S/c1-14-10-12-26(15-7-4-5-8-16(15)30-14)17(27)9-6-11-25-13-22-19-18(25)20(28)24(3)21(29)23(19)2/h4-5,7-8,13-14H,6,9-12H2,1-3H3. The number of thioether (sulfide) groups is 1. The third-order valence-corrected chi connectivity index (χ3v) is 6.79. The minimum Gasteiger partial charge on any atom is -0.325 e. The molecule has 1 aliphatic rings. The Hall–Kier alpha value is -2.81. The monoisotopic (exact) mass is 427 g/mol. The Morgan fingerprint density at radius 1 is 1.20 bits per heavy atom. The maximum atomic E-state index is 13.0. The molecule has 0 saturated carbocycles. The average Bonchev–Trinajstić information content (AvgIpc) is 3.07. The maximum absolute atomic E-state index is 13.0. The summed E-state index contributed by atoms with van der Waals surface area (Å²) in [5, 5.41) is 0.462. The zero-order valence-electron chi connectivity index (χ0n) is 17.4. The van der Waals surface area contributed by atoms with Crippen molar-refractivity contribution in [3.05, 3.63) is 51.4 Å². The van der Waals surface area contributed by atoms with E-state index >= 15 is 0 Å². The van der Waals surface area contributed by atoms with Crippen molar-refractivity contribution in [1.82, 2.24) is 18.7 Å². The summed E-state index contributed by atoms with van der Waals surface area (Å²) >= 11 is 1.81. The number of nitrogens with zero attached hydrogens (tertiary/aromatic N) is 5. The molecule has 8 nitrogen and oxygen atoms in total. The molecule has 4 rings (SSSR count). The first-order valence-corrected chi connectivity index (χ1v) is 10.9. The fourth-order valence-electron chi connectivity index (χ4n) is 3.85. The predicted molar refractivity (Wildman–Crippen MR) is 118 cm³/mol. The summed E-state index contributed by atoms with van der Waals surface area (Å²) in [5.41, 5.74) is 0.956. The van der Waals surface area contributed by atoms with Crippen LogP contribution in [-0.4, -0.2) is 36.4 Å². The van der Waals surface area contributed by atoms with Crippen LogP contribution in [0.2, 0.25) is 0 Å². The van der Waals surface area contributed by atoms with Gasteiger partial charge in [0.15, 0.2) is 11.2 Å². The number of hydrogen-bond donors (Lipinski definition) is 0. The molecule has 0 N–H and O–H groups in total. The van der Waals surface area contributed by atoms with E-state index < -0.39 is 5.69 Å². The third-order valence-electron chi connectivity index (χ3n) is 5.55. The Labute approximate surface area is 178 Å². The lowest BCUT2D eigenvalue weighted by Crippen LogP contribution is -2.37. The van der Waals surface area contributed by atoms with Crippen LogP contribution in [0, 0.1) is 0 Å². The zero-order valence-corrected chi connectivity index (χ0v) is 18.2. The van der Waals surface area contributed by atoms with Crippen LogP contribution in [0.15, 0.2) is 45.1 Å². The summed E-state index contributed by atoms with van der Waals surface area (Å²) in [6.07, 6.45) is 3.47. The Kier molecular flexibility index (Phi) is 5.55. The van der Waals surface area contributed by atoms with Gasteiger partial charge < -0.3 is 9.47 Å². The molecule has 0 spiro atoms. The molecule has 3 heterocycles. The van der Waals surface area contributed by atoms with Crippen molar-refractivity contribution in [2.75, 3.05) is 11.4 Å². The van der Waals surface area contributed by atoms with Crippen molar-refractivity contribution in [3.63, 3.8) is 0 Å². The molecular formula is C21H25N5O3S. The Morgan fingerprint density at radius 3 is 2.77 bits per heavy atom. The lowest BCUT2D eigenvalue weighted by Gasteiger charge is -2.22. The summed E-state index contributed by atoms with van der Waals surface area (Å²) in [5.74, 6) is 0.0851. The molecule has 1 aliphatic heterocycles. The van der Waals surface area contributed by atoms with Gasteiger partial charge in [-0.05, 0) is 25.0 Å². The first-order valence-electron chi connectivity index (χ1n) is 10.1. The van der Waals surface area contributed by atoms with Gasteiger partial charge in [0.1, 0.15) is 0 Å². The van der Waals surface area contributed by atoms with Crippen LogP contribution < -0.4 is 16.1 Å². The van der Waals surface area contributed by atoms with Gasteiger partial charge in [-0.2, -0.15) is 0 Å². The molecule has 1 atom stereocenters. The van der Waals surface area contributed by atoms with E-state index in [1.54, 1.807) is 17.9 Å². The SMILES string of the molecule is CC1CCN(C(=O)CCCn2cnc3c2c(=O)n(C)c(=O)n3C)c2ccccc2S1. The van der Waals surface area contributed by atoms with E-state index in [-0.39, 0.29) is 11.5 Å². The van der Waals surface area contributed by atoms with Crippen molar-refractivity contribution in [2.45, 2.75) is 42.9 Å². The lowest BCUT2D eigenvalue weighted by atomic mass is 10.2. The zero-order chi connectivity index (χ0) is 21.4. The van der Waals surface area contributed by atoms with E-state index in [0.717, 1.165) is 21.6 Å². The summed E-state index contributed by atoms with van der Waals surface area (Å²) in [6, 6.07) is 8.05. The van der Waals surface area contributed by atoms with Crippen LogP contribution in [0.1, 0.15) is 26.2 Å². The molecule has 0 radical (unpaired) electrons. The van der Waals surface area contributed by atoms with Gasteiger partial charge in [-0.25, -0.2) is 9.78 Å². The molecular weight excluding hydrogens is 402 g/mol. The van der Waals surface area contributed by atoms with Crippen molar-refractivity contribution >= 4 is 34.5 Å². The first-order chi connectivity index (χ1) is 14.4. The Balaban J connectivity index is 1.51. The van der Waals surface area contributed by atoms with Gasteiger partial charge in [-0.3, -0.25) is 18.7 Å². The molecule has 0 saturated heterocycles. The number of carbonyl (C=O) groups is 1. The molecule has 9 heteroatoms. The number of carbonyl (C=O) groups excluding carboxylic acids is 1. The van der Waals surface area contributed by atoms with Crippen LogP contribution in [0.3, 0.4) is 0 Å². The molecule has 0 bridgehead atoms. The number of anilines is 1. The quantitative estimate of drug-likeness (QED) is 0.637. The average molecular weight is 428 g/mol. The van der Waals surface area contributed by atoms with E-state index in [9.17, 15) is 14.4 Å². The largest absolute Gasteiger partial charge is 0.332 e. The van der Waals surface area contributed by atoms with E-state index in [0.29, 0.717) is 42.3 Å². The van der Waals surface area contributed by atoms with E-state index in [1.165, 1.54) is 11.6 Å². The van der Waals surface area contributed by atoms with Gasteiger partial charge in [0.05, 0.1) is 12.0 Å². The Morgan fingerprint density at radius 2 is 1.97 bits per heavy atom. The minimum absolute atomic E-state index is 0.0851. The highest BCUT2D eigenvalue weighted by molar-refractivity contribution is 8.00. The number of rotatable bonds is 4. The van der Waals surface area contributed by atoms with Crippen molar-refractivity contribution < 1.29 is 4.79 Å². The Bertz CT molecular complexity index is 1230. The van der Waals surface area contributed by atoms with Gasteiger partial charge in [0.25, 0.3) is 5.56 Å². The molecule has 2 aromatic heterocycles. The lowest BCUT2D eigenvalue weighted by molar-refractivity contribution is -0.118. The molecule has 1 unspecified atom stereocenters. The van der Waals surface area contributed by atoms with E-state index in [2.05, 4.69) is 18.0 Å². The van der Waals surface area contributed by atoms with Gasteiger partial charge in [-0.15, -0.1) is 11.8 Å². The molecule has 3 aromatic rings. The summed E-state index contributed by atoms with van der Waals surface area (Å²) in [7, 11) is 3.06. The maximum Gasteiger partial charge on any atom is 0.332 e. The van der Waals surface area contributed by atoms with Crippen LogP contribution in [0.5, 0.6) is 0 Å². The predicted octanol–water partition coefficient (Wildman–Crippen LogP) is 2.13. The normalized spacial score (nSPS) is 16.5. The van der Waals surface area contributed by atoms with Crippen molar-refractivity contribution in [3.8, 4) is 0 Å². The number of hydrogen-bond acceptors (Lipinski definition) is 5. The molecule has 158 valence electrons. The molecule has 1 amide bonds. The number of benzene rings is 1. The number of fused-ring (bicyclic) bond motifs is 2. The van der Waals surface area contributed by atoms with Gasteiger partial charge in [0, 0.05) is 43.8 Å². The number of aromatic nitrogens is 4. The summed E-state index contributed by atoms with van der Waals surface area (Å²) < 4.78 is 4.18. The second-order valence-corrected chi connectivity index (χ2v) is 9.13. The molecule has 0 aliphatic carbocycles. The molecule has 0 fully saturated rings. The molecule has 30 heavy (non-hydrogen) atoms. The smallest absolute Gasteiger partial charge is 0.325 e. The highest BCUT2D eigenvalue weighted by atomic mass is 32.2. The van der Waals surface area contributed by atoms with Gasteiger partial charge in [0.2, 0.25) is 5.91 Å². The highest BCUT2D eigenvalue weighted by Gasteiger charge is 2.24. The summed E-state index contributed by atoms with van der Waals surface area (Å²) in [4.78, 5) is 44.9. The van der Waals surface area contributed by atoms with Gasteiger partial charge in [-0.1, -0.05) is 19.1 Å². The number of para-hydroxylation sites is 1. The second kappa shape index (κ2) is 8.14. The fraction of sp³-hybridized carbons (Fsp3) is 0.429. The van der Waals surface area contributed by atoms with E-state index in [1.807, 2.05) is 34.9 Å². The fourth-order valence-corrected chi connectivity index (χ4v) is 4.96. The van der Waals surface area contributed by atoms with Crippen LogP contribution in [-0.2, 0) is 25.4 Å². The second-order valence-electron chi connectivity index (χ2n) is 7.65.